The van der Waals surface area contributed by atoms with Crippen molar-refractivity contribution < 1.29 is 9.53 Å². The Morgan fingerprint density at radius 2 is 1.90 bits per heavy atom. The Morgan fingerprint density at radius 1 is 1.15 bits per heavy atom. The highest BCUT2D eigenvalue weighted by Crippen LogP contribution is 2.47. The van der Waals surface area contributed by atoms with E-state index in [0.717, 1.165) is 31.3 Å². The highest BCUT2D eigenvalue weighted by molar-refractivity contribution is 6.01. The highest BCUT2D eigenvalue weighted by Gasteiger charge is 2.56. The summed E-state index contributed by atoms with van der Waals surface area (Å²) in [7, 11) is 0. The Morgan fingerprint density at radius 3 is 2.70 bits per heavy atom. The third kappa shape index (κ3) is 2.63. The van der Waals surface area contributed by atoms with E-state index in [-0.39, 0.29) is 17.5 Å². The molecule has 0 spiro atoms. The topological polar surface area (TPSA) is 29.6 Å². The minimum Gasteiger partial charge on any atom is -0.358 e. The number of carbonyl (C=O) groups excluding carboxylic acids is 1. The summed E-state index contributed by atoms with van der Waals surface area (Å²) in [5, 5.41) is 0. The molecular weight excluding hydrogens is 248 g/mol. The molecule has 1 aliphatic heterocycles. The van der Waals surface area contributed by atoms with Crippen molar-refractivity contribution in [3.05, 3.63) is 23.3 Å². The summed E-state index contributed by atoms with van der Waals surface area (Å²) in [4.78, 5) is 12.6. The zero-order valence-corrected chi connectivity index (χ0v) is 13.0. The van der Waals surface area contributed by atoms with Gasteiger partial charge in [0.2, 0.25) is 0 Å². The predicted molar refractivity (Wildman–Crippen MR) is 80.6 cm³/mol. The first-order valence-corrected chi connectivity index (χ1v) is 7.99. The van der Waals surface area contributed by atoms with Gasteiger partial charge >= 0.3 is 0 Å². The van der Waals surface area contributed by atoms with E-state index in [0.29, 0.717) is 5.41 Å². The molecule has 2 heteroatoms. The molecule has 2 aliphatic carbocycles. The van der Waals surface area contributed by atoms with Gasteiger partial charge in [-0.1, -0.05) is 24.6 Å². The molecule has 0 N–H and O–H groups in total. The van der Waals surface area contributed by atoms with Crippen LogP contribution >= 0.6 is 0 Å². The second-order valence-electron chi connectivity index (χ2n) is 7.52. The molecule has 20 heavy (non-hydrogen) atoms. The Balaban J connectivity index is 1.86. The van der Waals surface area contributed by atoms with Gasteiger partial charge in [-0.25, -0.2) is 0 Å². The lowest BCUT2D eigenvalue weighted by Gasteiger charge is -2.34. The van der Waals surface area contributed by atoms with Crippen molar-refractivity contribution in [2.24, 2.45) is 5.41 Å². The molecule has 0 saturated carbocycles. The molecule has 0 unspecified atom stereocenters. The summed E-state index contributed by atoms with van der Waals surface area (Å²) in [6.45, 7) is 6.68. The smallest absolute Gasteiger partial charge is 0.190 e. The quantitative estimate of drug-likeness (QED) is 0.485. The minimum absolute atomic E-state index is 0.177. The highest BCUT2D eigenvalue weighted by atomic mass is 16.6. The standard InChI is InChI=1S/C18H26O2/c1-13-6-4-10-18(3)16(20-18)15(19)14-7-5-9-17(2,12-14)11-8-13/h6-7,16H,4-5,8-12H2,1-3H3/b13-6+/t16-,17-,18-/m1/s1. The molecule has 0 aromatic heterocycles. The van der Waals surface area contributed by atoms with Gasteiger partial charge in [-0.05, 0) is 69.8 Å². The lowest BCUT2D eigenvalue weighted by atomic mass is 9.70. The van der Waals surface area contributed by atoms with Gasteiger partial charge in [0.05, 0.1) is 0 Å². The second kappa shape index (κ2) is 4.84. The lowest BCUT2D eigenvalue weighted by molar-refractivity contribution is -0.117. The van der Waals surface area contributed by atoms with Crippen LogP contribution in [0.4, 0.5) is 0 Å². The van der Waals surface area contributed by atoms with Crippen LogP contribution in [0.5, 0.6) is 0 Å². The van der Waals surface area contributed by atoms with Crippen LogP contribution in [0.2, 0.25) is 0 Å². The van der Waals surface area contributed by atoms with Crippen molar-refractivity contribution in [1.29, 1.82) is 0 Å². The van der Waals surface area contributed by atoms with Gasteiger partial charge in [0.15, 0.2) is 5.78 Å². The molecule has 0 amide bonds. The lowest BCUT2D eigenvalue weighted by Crippen LogP contribution is -2.27. The molecule has 2 bridgehead atoms. The molecule has 1 fully saturated rings. The summed E-state index contributed by atoms with van der Waals surface area (Å²) >= 11 is 0. The summed E-state index contributed by atoms with van der Waals surface area (Å²) in [6, 6.07) is 0. The molecule has 1 saturated heterocycles. The van der Waals surface area contributed by atoms with Crippen molar-refractivity contribution in [3.8, 4) is 0 Å². The van der Waals surface area contributed by atoms with Crippen LogP contribution in [0, 0.1) is 5.41 Å². The molecule has 0 aromatic rings. The Hall–Kier alpha value is -0.890. The van der Waals surface area contributed by atoms with Crippen LogP contribution in [0.1, 0.15) is 65.7 Å². The number of rotatable bonds is 0. The van der Waals surface area contributed by atoms with Gasteiger partial charge in [0, 0.05) is 0 Å². The number of hydrogen-bond acceptors (Lipinski definition) is 2. The van der Waals surface area contributed by atoms with Crippen LogP contribution < -0.4 is 0 Å². The molecule has 1 heterocycles. The number of ketones is 1. The Kier molecular flexibility index (Phi) is 3.40. The van der Waals surface area contributed by atoms with E-state index in [4.69, 9.17) is 4.74 Å². The van der Waals surface area contributed by atoms with E-state index in [9.17, 15) is 4.79 Å². The maximum atomic E-state index is 12.6. The number of hydrogen-bond donors (Lipinski definition) is 0. The first-order valence-electron chi connectivity index (χ1n) is 7.99. The maximum Gasteiger partial charge on any atom is 0.190 e. The van der Waals surface area contributed by atoms with E-state index >= 15 is 0 Å². The first kappa shape index (κ1) is 14.1. The van der Waals surface area contributed by atoms with Crippen LogP contribution in [0.15, 0.2) is 23.3 Å². The molecule has 0 aromatic carbocycles. The van der Waals surface area contributed by atoms with Crippen molar-refractivity contribution in [1.82, 2.24) is 0 Å². The van der Waals surface area contributed by atoms with E-state index in [1.807, 2.05) is 0 Å². The molecule has 3 rings (SSSR count). The van der Waals surface area contributed by atoms with Gasteiger partial charge in [-0.2, -0.15) is 0 Å². The van der Waals surface area contributed by atoms with E-state index < -0.39 is 0 Å². The average molecular weight is 274 g/mol. The van der Waals surface area contributed by atoms with E-state index in [1.54, 1.807) is 0 Å². The Bertz CT molecular complexity index is 488. The second-order valence-corrected chi connectivity index (χ2v) is 7.52. The number of fused-ring (bicyclic) bond motifs is 3. The molecule has 0 radical (unpaired) electrons. The maximum absolute atomic E-state index is 12.6. The van der Waals surface area contributed by atoms with Crippen LogP contribution in [0.25, 0.3) is 0 Å². The Labute approximate surface area is 122 Å². The SMILES string of the molecule is C/C1=C\CC[C@@]2(C)O[C@@H]2C(=O)C2=CCC[C@](C)(CC1)C2. The molecule has 2 nitrogen and oxygen atoms in total. The first-order chi connectivity index (χ1) is 9.42. The van der Waals surface area contributed by atoms with Gasteiger partial charge < -0.3 is 4.74 Å². The van der Waals surface area contributed by atoms with Crippen LogP contribution in [-0.2, 0) is 9.53 Å². The fourth-order valence-electron chi connectivity index (χ4n) is 3.75. The largest absolute Gasteiger partial charge is 0.358 e. The third-order valence-corrected chi connectivity index (χ3v) is 5.45. The van der Waals surface area contributed by atoms with Gasteiger partial charge in [-0.3, -0.25) is 4.79 Å². The van der Waals surface area contributed by atoms with Crippen molar-refractivity contribution >= 4 is 5.78 Å². The molecule has 3 aliphatic rings. The summed E-state index contributed by atoms with van der Waals surface area (Å²) in [6.07, 6.45) is 11.9. The summed E-state index contributed by atoms with van der Waals surface area (Å²) in [5.41, 5.74) is 2.62. The molecule has 110 valence electrons. The van der Waals surface area contributed by atoms with Crippen molar-refractivity contribution in [3.63, 3.8) is 0 Å². The zero-order chi connectivity index (χ0) is 14.4. The van der Waals surface area contributed by atoms with Gasteiger partial charge in [-0.15, -0.1) is 0 Å². The molecular formula is C18H26O2. The van der Waals surface area contributed by atoms with Crippen molar-refractivity contribution in [2.45, 2.75) is 77.4 Å². The summed E-state index contributed by atoms with van der Waals surface area (Å²) < 4.78 is 5.77. The fourth-order valence-corrected chi connectivity index (χ4v) is 3.75. The predicted octanol–water partition coefficient (Wildman–Crippen LogP) is 4.35. The van der Waals surface area contributed by atoms with E-state index in [2.05, 4.69) is 32.9 Å². The normalized spacial score (nSPS) is 44.4. The van der Waals surface area contributed by atoms with Gasteiger partial charge in [0.1, 0.15) is 11.7 Å². The number of allylic oxidation sites excluding steroid dienone is 3. The minimum atomic E-state index is -0.207. The summed E-state index contributed by atoms with van der Waals surface area (Å²) in [5.74, 6) is 0.264. The third-order valence-electron chi connectivity index (χ3n) is 5.45. The number of carbonyl (C=O) groups is 1. The fraction of sp³-hybridized carbons (Fsp3) is 0.722. The van der Waals surface area contributed by atoms with Crippen molar-refractivity contribution in [2.75, 3.05) is 0 Å². The number of ether oxygens (including phenoxy) is 1. The molecule has 3 atom stereocenters. The van der Waals surface area contributed by atoms with Crippen LogP contribution in [-0.4, -0.2) is 17.5 Å². The average Bonchev–Trinajstić information content (AvgIpc) is 3.07. The number of Topliss-reactive ketones (excluding diaryl/α,β-unsaturated/α-hetero) is 1. The zero-order valence-electron chi connectivity index (χ0n) is 13.0. The van der Waals surface area contributed by atoms with Crippen LogP contribution in [0.3, 0.4) is 0 Å². The monoisotopic (exact) mass is 274 g/mol. The number of epoxide rings is 1. The van der Waals surface area contributed by atoms with Gasteiger partial charge in [0.25, 0.3) is 0 Å². The van der Waals surface area contributed by atoms with E-state index in [1.165, 1.54) is 24.8 Å².